The van der Waals surface area contributed by atoms with Crippen LogP contribution in [0.1, 0.15) is 65.2 Å². The molecule has 1 saturated heterocycles. The van der Waals surface area contributed by atoms with E-state index in [-0.39, 0.29) is 23.9 Å². The van der Waals surface area contributed by atoms with Crippen LogP contribution in [0.3, 0.4) is 0 Å². The number of carbonyl (C=O) groups is 2. The van der Waals surface area contributed by atoms with Gasteiger partial charge in [0.05, 0.1) is 0 Å². The van der Waals surface area contributed by atoms with Crippen molar-refractivity contribution in [2.24, 2.45) is 5.92 Å². The second-order valence-corrected chi connectivity index (χ2v) is 7.06. The average molecular weight is 309 g/mol. The molecule has 0 spiro atoms. The molecular formula is C17H31N3O2. The molecule has 0 bridgehead atoms. The van der Waals surface area contributed by atoms with Gasteiger partial charge in [0.2, 0.25) is 5.91 Å². The van der Waals surface area contributed by atoms with E-state index >= 15 is 0 Å². The monoisotopic (exact) mass is 309 g/mol. The first-order valence-corrected chi connectivity index (χ1v) is 8.93. The van der Waals surface area contributed by atoms with Crippen LogP contribution in [0.4, 0.5) is 4.79 Å². The highest BCUT2D eigenvalue weighted by atomic mass is 16.2. The highest BCUT2D eigenvalue weighted by Gasteiger charge is 2.29. The molecule has 1 aliphatic carbocycles. The maximum Gasteiger partial charge on any atom is 0.315 e. The highest BCUT2D eigenvalue weighted by molar-refractivity contribution is 5.87. The summed E-state index contributed by atoms with van der Waals surface area (Å²) in [5.74, 6) is 0.181. The number of amides is 3. The number of urea groups is 1. The first-order chi connectivity index (χ1) is 10.6. The minimum Gasteiger partial charge on any atom is -0.341 e. The van der Waals surface area contributed by atoms with Gasteiger partial charge in [0.25, 0.3) is 0 Å². The van der Waals surface area contributed by atoms with E-state index in [9.17, 15) is 9.59 Å². The predicted molar refractivity (Wildman–Crippen MR) is 87.6 cm³/mol. The molecule has 5 heteroatoms. The van der Waals surface area contributed by atoms with Crippen molar-refractivity contribution in [1.29, 1.82) is 0 Å². The lowest BCUT2D eigenvalue weighted by molar-refractivity contribution is -0.135. The van der Waals surface area contributed by atoms with Gasteiger partial charge in [0.1, 0.15) is 6.04 Å². The average Bonchev–Trinajstić information content (AvgIpc) is 2.53. The Bertz CT molecular complexity index is 372. The molecule has 5 nitrogen and oxygen atoms in total. The molecule has 22 heavy (non-hydrogen) atoms. The molecular weight excluding hydrogens is 278 g/mol. The van der Waals surface area contributed by atoms with Crippen LogP contribution >= 0.6 is 0 Å². The van der Waals surface area contributed by atoms with Crippen molar-refractivity contribution in [2.75, 3.05) is 13.1 Å². The predicted octanol–water partition coefficient (Wildman–Crippen LogP) is 2.66. The third-order valence-corrected chi connectivity index (χ3v) is 4.83. The van der Waals surface area contributed by atoms with Gasteiger partial charge in [0, 0.05) is 19.1 Å². The van der Waals surface area contributed by atoms with Gasteiger partial charge < -0.3 is 15.5 Å². The fraction of sp³-hybridized carbons (Fsp3) is 0.882. The lowest BCUT2D eigenvalue weighted by atomic mass is 9.95. The molecule has 2 N–H and O–H groups in total. The van der Waals surface area contributed by atoms with E-state index in [0.29, 0.717) is 0 Å². The molecule has 0 aromatic carbocycles. The van der Waals surface area contributed by atoms with Gasteiger partial charge in [-0.05, 0) is 38.0 Å². The Morgan fingerprint density at radius 3 is 2.14 bits per heavy atom. The summed E-state index contributed by atoms with van der Waals surface area (Å²) in [5, 5.41) is 5.96. The standard InChI is InChI=1S/C17H31N3O2/c1-13(2)15(16(21)20-11-7-4-8-12-20)19-17(22)18-14-9-5-3-6-10-14/h13-15H,3-12H2,1-2H3,(H2,18,19,22)/t15-/m1/s1. The number of hydrogen-bond donors (Lipinski definition) is 2. The van der Waals surface area contributed by atoms with E-state index < -0.39 is 6.04 Å². The van der Waals surface area contributed by atoms with Gasteiger partial charge in [-0.3, -0.25) is 4.79 Å². The summed E-state index contributed by atoms with van der Waals surface area (Å²) in [5.41, 5.74) is 0. The molecule has 0 radical (unpaired) electrons. The number of likely N-dealkylation sites (tertiary alicyclic amines) is 1. The number of rotatable bonds is 4. The fourth-order valence-corrected chi connectivity index (χ4v) is 3.44. The maximum atomic E-state index is 12.7. The summed E-state index contributed by atoms with van der Waals surface area (Å²) in [6, 6.07) is -0.329. The second-order valence-electron chi connectivity index (χ2n) is 7.06. The minimum atomic E-state index is -0.415. The Morgan fingerprint density at radius 1 is 0.955 bits per heavy atom. The highest BCUT2D eigenvalue weighted by Crippen LogP contribution is 2.17. The third-order valence-electron chi connectivity index (χ3n) is 4.83. The zero-order chi connectivity index (χ0) is 15.9. The summed E-state index contributed by atoms with van der Waals surface area (Å²) in [6.45, 7) is 5.64. The topological polar surface area (TPSA) is 61.4 Å². The van der Waals surface area contributed by atoms with Crippen LogP contribution in [0.15, 0.2) is 0 Å². The molecule has 1 saturated carbocycles. The zero-order valence-electron chi connectivity index (χ0n) is 14.1. The maximum absolute atomic E-state index is 12.7. The Balaban J connectivity index is 1.86. The Hall–Kier alpha value is -1.26. The van der Waals surface area contributed by atoms with Crippen LogP contribution in [0.2, 0.25) is 0 Å². The normalized spacial score (nSPS) is 21.5. The molecule has 0 unspecified atom stereocenters. The van der Waals surface area contributed by atoms with Crippen LogP contribution in [0.5, 0.6) is 0 Å². The van der Waals surface area contributed by atoms with E-state index in [0.717, 1.165) is 38.8 Å². The van der Waals surface area contributed by atoms with E-state index in [1.165, 1.54) is 25.7 Å². The smallest absolute Gasteiger partial charge is 0.315 e. The van der Waals surface area contributed by atoms with Gasteiger partial charge >= 0.3 is 6.03 Å². The van der Waals surface area contributed by atoms with E-state index in [1.807, 2.05) is 18.7 Å². The van der Waals surface area contributed by atoms with Crippen molar-refractivity contribution in [3.05, 3.63) is 0 Å². The number of piperidine rings is 1. The quantitative estimate of drug-likeness (QED) is 0.838. The largest absolute Gasteiger partial charge is 0.341 e. The van der Waals surface area contributed by atoms with Gasteiger partial charge in [-0.15, -0.1) is 0 Å². The summed E-state index contributed by atoms with van der Waals surface area (Å²) in [6.07, 6.45) is 9.10. The van der Waals surface area contributed by atoms with Crippen LogP contribution in [0.25, 0.3) is 0 Å². The summed E-state index contributed by atoms with van der Waals surface area (Å²) < 4.78 is 0. The van der Waals surface area contributed by atoms with Crippen LogP contribution in [-0.2, 0) is 4.79 Å². The van der Waals surface area contributed by atoms with Gasteiger partial charge in [-0.1, -0.05) is 33.1 Å². The molecule has 3 amide bonds. The number of hydrogen-bond acceptors (Lipinski definition) is 2. The molecule has 0 aromatic rings. The van der Waals surface area contributed by atoms with Crippen LogP contribution in [0, 0.1) is 5.92 Å². The lowest BCUT2D eigenvalue weighted by Crippen LogP contribution is -2.55. The Labute approximate surface area is 134 Å². The fourth-order valence-electron chi connectivity index (χ4n) is 3.44. The van der Waals surface area contributed by atoms with Crippen molar-refractivity contribution >= 4 is 11.9 Å². The van der Waals surface area contributed by atoms with Gasteiger partial charge in [0.15, 0.2) is 0 Å². The van der Waals surface area contributed by atoms with Crippen molar-refractivity contribution in [3.8, 4) is 0 Å². The van der Waals surface area contributed by atoms with Crippen molar-refractivity contribution in [1.82, 2.24) is 15.5 Å². The molecule has 2 fully saturated rings. The summed E-state index contributed by atoms with van der Waals surface area (Å²) in [4.78, 5) is 26.8. The van der Waals surface area contributed by atoms with E-state index in [2.05, 4.69) is 10.6 Å². The Kier molecular flexibility index (Phi) is 6.52. The van der Waals surface area contributed by atoms with E-state index in [4.69, 9.17) is 0 Å². The zero-order valence-corrected chi connectivity index (χ0v) is 14.1. The van der Waals surface area contributed by atoms with Gasteiger partial charge in [-0.25, -0.2) is 4.79 Å². The second kappa shape index (κ2) is 8.39. The van der Waals surface area contributed by atoms with E-state index in [1.54, 1.807) is 0 Å². The SMILES string of the molecule is CC(C)[C@@H](NC(=O)NC1CCCCC1)C(=O)N1CCCCC1. The summed E-state index contributed by atoms with van der Waals surface area (Å²) >= 11 is 0. The molecule has 2 rings (SSSR count). The molecule has 126 valence electrons. The van der Waals surface area contributed by atoms with Crippen molar-refractivity contribution < 1.29 is 9.59 Å². The van der Waals surface area contributed by atoms with Crippen LogP contribution < -0.4 is 10.6 Å². The summed E-state index contributed by atoms with van der Waals surface area (Å²) in [7, 11) is 0. The number of nitrogens with zero attached hydrogens (tertiary/aromatic N) is 1. The Morgan fingerprint density at radius 2 is 1.55 bits per heavy atom. The van der Waals surface area contributed by atoms with Crippen LogP contribution in [-0.4, -0.2) is 42.0 Å². The molecule has 2 aliphatic rings. The first-order valence-electron chi connectivity index (χ1n) is 8.93. The van der Waals surface area contributed by atoms with Gasteiger partial charge in [-0.2, -0.15) is 0 Å². The van der Waals surface area contributed by atoms with Crippen molar-refractivity contribution in [2.45, 2.75) is 77.3 Å². The number of carbonyl (C=O) groups excluding carboxylic acids is 2. The number of nitrogens with one attached hydrogen (secondary N) is 2. The molecule has 1 atom stereocenters. The van der Waals surface area contributed by atoms with Crippen molar-refractivity contribution in [3.63, 3.8) is 0 Å². The lowest BCUT2D eigenvalue weighted by Gasteiger charge is -2.33. The third kappa shape index (κ3) is 4.89. The minimum absolute atomic E-state index is 0.0773. The molecule has 1 heterocycles. The molecule has 1 aliphatic heterocycles. The molecule has 0 aromatic heterocycles. The first kappa shape index (κ1) is 17.1.